The van der Waals surface area contributed by atoms with Crippen molar-refractivity contribution < 1.29 is 13.9 Å². The summed E-state index contributed by atoms with van der Waals surface area (Å²) in [6.07, 6.45) is 4.51. The van der Waals surface area contributed by atoms with Crippen LogP contribution in [0.3, 0.4) is 0 Å². The third-order valence-corrected chi connectivity index (χ3v) is 5.78. The maximum Gasteiger partial charge on any atom is 0.227 e. The molecule has 1 aliphatic carbocycles. The van der Waals surface area contributed by atoms with Gasteiger partial charge in [0.2, 0.25) is 11.2 Å². The summed E-state index contributed by atoms with van der Waals surface area (Å²) in [7, 11) is 0. The van der Waals surface area contributed by atoms with Crippen molar-refractivity contribution in [3.63, 3.8) is 0 Å². The molecule has 0 radical (unpaired) electrons. The molecule has 0 aliphatic heterocycles. The number of Topliss-reactive ketones (excluding diaryl/α,β-unsaturated/α-hetero) is 1. The van der Waals surface area contributed by atoms with Gasteiger partial charge in [0.15, 0.2) is 0 Å². The number of rotatable bonds is 7. The van der Waals surface area contributed by atoms with Crippen LogP contribution in [0.1, 0.15) is 43.0 Å². The van der Waals surface area contributed by atoms with Gasteiger partial charge in [-0.2, -0.15) is 0 Å². The molecule has 2 atom stereocenters. The number of ketones is 1. The minimum absolute atomic E-state index is 0.146. The van der Waals surface area contributed by atoms with Crippen molar-refractivity contribution in [3.8, 4) is 5.75 Å². The first-order valence-corrected chi connectivity index (χ1v) is 10.8. The highest BCUT2D eigenvalue weighted by Gasteiger charge is 2.33. The number of hydrogen-bond acceptors (Lipinski definition) is 5. The van der Waals surface area contributed by atoms with E-state index in [9.17, 15) is 9.59 Å². The van der Waals surface area contributed by atoms with Gasteiger partial charge in [-0.1, -0.05) is 48.4 Å². The Hall–Kier alpha value is -3.05. The molecule has 0 amide bonds. The molecule has 1 aromatic heterocycles. The zero-order valence-electron chi connectivity index (χ0n) is 17.1. The van der Waals surface area contributed by atoms with Gasteiger partial charge in [-0.15, -0.1) is 0 Å². The Bertz CT molecular complexity index is 1080. The maximum absolute atomic E-state index is 12.7. The fourth-order valence-corrected chi connectivity index (χ4v) is 4.00. The Morgan fingerprint density at radius 3 is 2.55 bits per heavy atom. The molecule has 0 saturated heterocycles. The van der Waals surface area contributed by atoms with Gasteiger partial charge in [-0.3, -0.25) is 9.59 Å². The van der Waals surface area contributed by atoms with Crippen molar-refractivity contribution in [2.45, 2.75) is 38.3 Å². The van der Waals surface area contributed by atoms with Gasteiger partial charge in [-0.25, -0.2) is 0 Å². The van der Waals surface area contributed by atoms with Crippen molar-refractivity contribution in [1.29, 1.82) is 0 Å². The van der Waals surface area contributed by atoms with Crippen LogP contribution < -0.4 is 15.5 Å². The summed E-state index contributed by atoms with van der Waals surface area (Å²) < 4.78 is 11.5. The fourth-order valence-electron chi connectivity index (χ4n) is 3.88. The standard InChI is InChI=1S/C25H24ClNO4/c26-18-10-12-19(13-11-18)27-25(20-8-4-5-9-21(20)28)23-14-22(29)24(16-31-23)30-15-17-6-2-1-3-7-17/h1-3,6-7,10-14,16,20,25,27H,4-5,8-9,15H2/t20-,25+/m0/s1. The number of carbonyl (C=O) groups is 1. The molecule has 5 nitrogen and oxygen atoms in total. The molecule has 4 rings (SSSR count). The van der Waals surface area contributed by atoms with Crippen molar-refractivity contribution in [3.05, 3.63) is 93.5 Å². The molecule has 1 fully saturated rings. The molecule has 1 aliphatic rings. The normalized spacial score (nSPS) is 17.2. The SMILES string of the molecule is O=C1CCCC[C@@H]1[C@@H](Nc1ccc(Cl)cc1)c1cc(=O)c(OCc2ccccc2)co1. The minimum Gasteiger partial charge on any atom is -0.482 e. The number of halogens is 1. The van der Waals surface area contributed by atoms with Crippen LogP contribution in [-0.4, -0.2) is 5.78 Å². The summed E-state index contributed by atoms with van der Waals surface area (Å²) in [6, 6.07) is 17.8. The third kappa shape index (κ3) is 5.36. The Kier molecular flexibility index (Phi) is 6.73. The molecule has 6 heteroatoms. The third-order valence-electron chi connectivity index (χ3n) is 5.53. The fraction of sp³-hybridized carbons (Fsp3) is 0.280. The first-order valence-electron chi connectivity index (χ1n) is 10.4. The number of ether oxygens (including phenoxy) is 1. The molecular formula is C25H24ClNO4. The van der Waals surface area contributed by atoms with E-state index < -0.39 is 6.04 Å². The van der Waals surface area contributed by atoms with Crippen molar-refractivity contribution in [1.82, 2.24) is 0 Å². The first kappa shape index (κ1) is 21.2. The van der Waals surface area contributed by atoms with Crippen LogP contribution in [0.2, 0.25) is 5.02 Å². The van der Waals surface area contributed by atoms with Crippen LogP contribution in [0.15, 0.2) is 76.1 Å². The number of anilines is 1. The summed E-state index contributed by atoms with van der Waals surface area (Å²) in [5.41, 5.74) is 1.49. The lowest BCUT2D eigenvalue weighted by atomic mass is 9.81. The van der Waals surface area contributed by atoms with E-state index in [4.69, 9.17) is 20.8 Å². The lowest BCUT2D eigenvalue weighted by Crippen LogP contribution is -2.30. The largest absolute Gasteiger partial charge is 0.482 e. The minimum atomic E-state index is -0.440. The maximum atomic E-state index is 12.7. The predicted octanol–water partition coefficient (Wildman–Crippen LogP) is 5.78. The molecule has 0 unspecified atom stereocenters. The number of nitrogens with one attached hydrogen (secondary N) is 1. The topological polar surface area (TPSA) is 68.5 Å². The van der Waals surface area contributed by atoms with Crippen LogP contribution in [0, 0.1) is 5.92 Å². The van der Waals surface area contributed by atoms with Gasteiger partial charge in [-0.05, 0) is 42.7 Å². The van der Waals surface area contributed by atoms with Crippen LogP contribution in [-0.2, 0) is 11.4 Å². The molecule has 160 valence electrons. The Balaban J connectivity index is 1.57. The molecular weight excluding hydrogens is 414 g/mol. The van der Waals surface area contributed by atoms with E-state index in [0.29, 0.717) is 17.2 Å². The van der Waals surface area contributed by atoms with Crippen LogP contribution in [0.25, 0.3) is 0 Å². The second-order valence-corrected chi connectivity index (χ2v) is 8.17. The summed E-state index contributed by atoms with van der Waals surface area (Å²) in [5.74, 6) is 0.494. The van der Waals surface area contributed by atoms with E-state index in [1.54, 1.807) is 12.1 Å². The molecule has 31 heavy (non-hydrogen) atoms. The molecule has 2 aromatic carbocycles. The lowest BCUT2D eigenvalue weighted by Gasteiger charge is -2.29. The Morgan fingerprint density at radius 2 is 1.84 bits per heavy atom. The average molecular weight is 438 g/mol. The van der Waals surface area contributed by atoms with E-state index in [1.807, 2.05) is 42.5 Å². The Morgan fingerprint density at radius 1 is 1.06 bits per heavy atom. The van der Waals surface area contributed by atoms with Crippen LogP contribution in [0.5, 0.6) is 5.75 Å². The average Bonchev–Trinajstić information content (AvgIpc) is 2.79. The van der Waals surface area contributed by atoms with Gasteiger partial charge < -0.3 is 14.5 Å². The zero-order valence-corrected chi connectivity index (χ0v) is 17.8. The Labute approximate surface area is 186 Å². The van der Waals surface area contributed by atoms with E-state index in [-0.39, 0.29) is 29.5 Å². The van der Waals surface area contributed by atoms with Crippen molar-refractivity contribution in [2.24, 2.45) is 5.92 Å². The lowest BCUT2D eigenvalue weighted by molar-refractivity contribution is -0.125. The molecule has 1 heterocycles. The summed E-state index contributed by atoms with van der Waals surface area (Å²) in [4.78, 5) is 25.4. The summed E-state index contributed by atoms with van der Waals surface area (Å²) in [6.45, 7) is 0.276. The van der Waals surface area contributed by atoms with Gasteiger partial charge >= 0.3 is 0 Å². The summed E-state index contributed by atoms with van der Waals surface area (Å²) in [5, 5.41) is 4.00. The van der Waals surface area contributed by atoms with Crippen LogP contribution in [0.4, 0.5) is 5.69 Å². The van der Waals surface area contributed by atoms with E-state index in [1.165, 1.54) is 12.3 Å². The summed E-state index contributed by atoms with van der Waals surface area (Å²) >= 11 is 5.99. The number of carbonyl (C=O) groups excluding carboxylic acids is 1. The van der Waals surface area contributed by atoms with Crippen LogP contribution >= 0.6 is 11.6 Å². The number of hydrogen-bond donors (Lipinski definition) is 1. The first-order chi connectivity index (χ1) is 15.1. The highest BCUT2D eigenvalue weighted by atomic mass is 35.5. The van der Waals surface area contributed by atoms with Gasteiger partial charge in [0.25, 0.3) is 0 Å². The highest BCUT2D eigenvalue weighted by Crippen LogP contribution is 2.35. The molecule has 0 spiro atoms. The van der Waals surface area contributed by atoms with Gasteiger partial charge in [0.1, 0.15) is 24.4 Å². The van der Waals surface area contributed by atoms with Crippen molar-refractivity contribution >= 4 is 23.1 Å². The van der Waals surface area contributed by atoms with Crippen molar-refractivity contribution in [2.75, 3.05) is 5.32 Å². The molecule has 3 aromatic rings. The number of benzene rings is 2. The van der Waals surface area contributed by atoms with Gasteiger partial charge in [0.05, 0.1) is 6.04 Å². The second kappa shape index (κ2) is 9.84. The van der Waals surface area contributed by atoms with E-state index in [2.05, 4.69) is 5.32 Å². The molecule has 1 N–H and O–H groups in total. The predicted molar refractivity (Wildman–Crippen MR) is 121 cm³/mol. The van der Waals surface area contributed by atoms with Gasteiger partial charge in [0, 0.05) is 29.1 Å². The highest BCUT2D eigenvalue weighted by molar-refractivity contribution is 6.30. The van der Waals surface area contributed by atoms with E-state index >= 15 is 0 Å². The smallest absolute Gasteiger partial charge is 0.227 e. The zero-order chi connectivity index (χ0) is 21.6. The van der Waals surface area contributed by atoms with E-state index in [0.717, 1.165) is 30.5 Å². The quantitative estimate of drug-likeness (QED) is 0.507. The monoisotopic (exact) mass is 437 g/mol. The molecule has 1 saturated carbocycles. The second-order valence-electron chi connectivity index (χ2n) is 7.73. The molecule has 0 bridgehead atoms.